The van der Waals surface area contributed by atoms with E-state index in [1.165, 1.54) is 12.1 Å². The monoisotopic (exact) mass is 346 g/mol. The molecule has 0 bridgehead atoms. The number of nitrogens with one attached hydrogen (secondary N) is 1. The van der Waals surface area contributed by atoms with Crippen molar-refractivity contribution in [2.45, 2.75) is 23.8 Å². The van der Waals surface area contributed by atoms with E-state index in [9.17, 15) is 13.2 Å². The number of rotatable bonds is 5. The van der Waals surface area contributed by atoms with E-state index in [4.69, 9.17) is 9.88 Å². The van der Waals surface area contributed by atoms with Gasteiger partial charge in [-0.25, -0.2) is 13.6 Å². The fourth-order valence-electron chi connectivity index (χ4n) is 2.62. The fraction of sp³-hybridized carbons (Fsp3) is 0.235. The second kappa shape index (κ2) is 6.62. The Balaban J connectivity index is 1.49. The first-order chi connectivity index (χ1) is 11.4. The summed E-state index contributed by atoms with van der Waals surface area (Å²) in [6.45, 7) is 0.448. The number of hydrogen-bond donors (Lipinski definition) is 2. The smallest absolute Gasteiger partial charge is 0.261 e. The third kappa shape index (κ3) is 3.74. The van der Waals surface area contributed by atoms with Crippen LogP contribution in [0.15, 0.2) is 53.4 Å². The molecule has 6 nitrogen and oxygen atoms in total. The number of amides is 1. The number of nitrogens with two attached hydrogens (primary N) is 1. The van der Waals surface area contributed by atoms with Crippen LogP contribution in [0.25, 0.3) is 0 Å². The number of primary sulfonamides is 1. The van der Waals surface area contributed by atoms with Crippen molar-refractivity contribution >= 4 is 15.9 Å². The van der Waals surface area contributed by atoms with Crippen LogP contribution < -0.4 is 15.2 Å². The highest BCUT2D eigenvalue weighted by Crippen LogP contribution is 2.28. The maximum atomic E-state index is 12.2. The van der Waals surface area contributed by atoms with Crippen LogP contribution in [0.3, 0.4) is 0 Å². The van der Waals surface area contributed by atoms with E-state index in [1.807, 2.05) is 24.3 Å². The van der Waals surface area contributed by atoms with Crippen LogP contribution in [0.4, 0.5) is 0 Å². The molecule has 2 aromatic carbocycles. The Hall–Kier alpha value is -2.38. The number of carbonyl (C=O) groups is 1. The minimum Gasteiger partial charge on any atom is -0.480 e. The van der Waals surface area contributed by atoms with Gasteiger partial charge in [0.2, 0.25) is 10.0 Å². The lowest BCUT2D eigenvalue weighted by Gasteiger charge is -2.11. The lowest BCUT2D eigenvalue weighted by Crippen LogP contribution is -2.38. The number of ether oxygens (including phenoxy) is 1. The topological polar surface area (TPSA) is 98.5 Å². The standard InChI is InChI=1S/C17H18N2O4S/c18-24(21,22)14-7-5-12(6-8-14)9-10-19-17(20)16-11-13-3-1-2-4-15(13)23-16/h1-8,16H,9-11H2,(H,19,20)(H2,18,21,22)/t16-/m0/s1. The molecule has 0 saturated heterocycles. The van der Waals surface area contributed by atoms with Gasteiger partial charge in [0.15, 0.2) is 6.10 Å². The summed E-state index contributed by atoms with van der Waals surface area (Å²) in [6.07, 6.45) is 0.675. The Labute approximate surface area is 140 Å². The molecule has 3 rings (SSSR count). The maximum absolute atomic E-state index is 12.2. The second-order valence-corrected chi connectivity index (χ2v) is 7.21. The molecule has 126 valence electrons. The average molecular weight is 346 g/mol. The Morgan fingerprint density at radius 2 is 1.88 bits per heavy atom. The molecule has 2 aromatic rings. The normalized spacial score (nSPS) is 16.3. The van der Waals surface area contributed by atoms with Gasteiger partial charge in [0, 0.05) is 13.0 Å². The summed E-state index contributed by atoms with van der Waals surface area (Å²) in [5.74, 6) is 0.614. The van der Waals surface area contributed by atoms with E-state index in [0.29, 0.717) is 19.4 Å². The predicted molar refractivity (Wildman–Crippen MR) is 89.1 cm³/mol. The maximum Gasteiger partial charge on any atom is 0.261 e. The Bertz CT molecular complexity index is 822. The van der Waals surface area contributed by atoms with Crippen molar-refractivity contribution in [1.29, 1.82) is 0 Å². The van der Waals surface area contributed by atoms with Crippen LogP contribution in [0.5, 0.6) is 5.75 Å². The zero-order chi connectivity index (χ0) is 17.2. The molecule has 0 radical (unpaired) electrons. The minimum atomic E-state index is -3.68. The van der Waals surface area contributed by atoms with Gasteiger partial charge in [-0.1, -0.05) is 30.3 Å². The molecule has 1 heterocycles. The van der Waals surface area contributed by atoms with E-state index in [0.717, 1.165) is 16.9 Å². The summed E-state index contributed by atoms with van der Waals surface area (Å²) in [4.78, 5) is 12.2. The molecule has 7 heteroatoms. The summed E-state index contributed by atoms with van der Waals surface area (Å²) in [7, 11) is -3.68. The van der Waals surface area contributed by atoms with Crippen LogP contribution in [0, 0.1) is 0 Å². The molecular weight excluding hydrogens is 328 g/mol. The SMILES string of the molecule is NS(=O)(=O)c1ccc(CCNC(=O)[C@@H]2Cc3ccccc3O2)cc1. The molecule has 0 aliphatic carbocycles. The number of sulfonamides is 1. The lowest BCUT2D eigenvalue weighted by atomic mass is 10.1. The summed E-state index contributed by atoms with van der Waals surface area (Å²) in [6, 6.07) is 13.9. The average Bonchev–Trinajstić information content (AvgIpc) is 2.98. The first kappa shape index (κ1) is 16.5. The first-order valence-corrected chi connectivity index (χ1v) is 9.12. The van der Waals surface area contributed by atoms with E-state index < -0.39 is 16.1 Å². The van der Waals surface area contributed by atoms with E-state index >= 15 is 0 Å². The summed E-state index contributed by atoms with van der Waals surface area (Å²) >= 11 is 0. The lowest BCUT2D eigenvalue weighted by molar-refractivity contribution is -0.127. The zero-order valence-electron chi connectivity index (χ0n) is 12.9. The van der Waals surface area contributed by atoms with E-state index in [-0.39, 0.29) is 10.8 Å². The quantitative estimate of drug-likeness (QED) is 0.844. The minimum absolute atomic E-state index is 0.0763. The summed E-state index contributed by atoms with van der Waals surface area (Å²) < 4.78 is 28.0. The second-order valence-electron chi connectivity index (χ2n) is 5.65. The van der Waals surface area contributed by atoms with Crippen molar-refractivity contribution in [2.24, 2.45) is 5.14 Å². The highest BCUT2D eigenvalue weighted by Gasteiger charge is 2.28. The summed E-state index contributed by atoms with van der Waals surface area (Å²) in [5.41, 5.74) is 1.95. The third-order valence-electron chi connectivity index (χ3n) is 3.90. The Kier molecular flexibility index (Phi) is 4.55. The van der Waals surface area contributed by atoms with Crippen LogP contribution in [0.1, 0.15) is 11.1 Å². The van der Waals surface area contributed by atoms with Crippen molar-refractivity contribution in [3.05, 3.63) is 59.7 Å². The number of fused-ring (bicyclic) bond motifs is 1. The van der Waals surface area contributed by atoms with Gasteiger partial charge in [0.05, 0.1) is 4.90 Å². The fourth-order valence-corrected chi connectivity index (χ4v) is 3.13. The molecule has 3 N–H and O–H groups in total. The zero-order valence-corrected chi connectivity index (χ0v) is 13.8. The molecule has 1 aliphatic rings. The van der Waals surface area contributed by atoms with Crippen molar-refractivity contribution in [1.82, 2.24) is 5.32 Å². The van der Waals surface area contributed by atoms with Gasteiger partial charge in [-0.2, -0.15) is 0 Å². The van der Waals surface area contributed by atoms with Crippen LogP contribution in [-0.4, -0.2) is 27.0 Å². The van der Waals surface area contributed by atoms with Crippen LogP contribution >= 0.6 is 0 Å². The molecule has 1 aliphatic heterocycles. The van der Waals surface area contributed by atoms with Gasteiger partial charge < -0.3 is 10.1 Å². The van der Waals surface area contributed by atoms with Crippen molar-refractivity contribution in [2.75, 3.05) is 6.54 Å². The molecule has 1 amide bonds. The molecule has 24 heavy (non-hydrogen) atoms. The van der Waals surface area contributed by atoms with E-state index in [1.54, 1.807) is 12.1 Å². The molecule has 0 fully saturated rings. The van der Waals surface area contributed by atoms with Gasteiger partial charge in [-0.15, -0.1) is 0 Å². The Morgan fingerprint density at radius 1 is 1.17 bits per heavy atom. The van der Waals surface area contributed by atoms with E-state index in [2.05, 4.69) is 5.32 Å². The van der Waals surface area contributed by atoms with Gasteiger partial charge in [0.25, 0.3) is 5.91 Å². The molecule has 0 aromatic heterocycles. The van der Waals surface area contributed by atoms with Crippen molar-refractivity contribution in [3.8, 4) is 5.75 Å². The third-order valence-corrected chi connectivity index (χ3v) is 4.83. The highest BCUT2D eigenvalue weighted by molar-refractivity contribution is 7.89. The summed E-state index contributed by atoms with van der Waals surface area (Å²) in [5, 5.41) is 7.90. The largest absolute Gasteiger partial charge is 0.480 e. The van der Waals surface area contributed by atoms with Gasteiger partial charge in [-0.05, 0) is 35.7 Å². The van der Waals surface area contributed by atoms with Gasteiger partial charge >= 0.3 is 0 Å². The van der Waals surface area contributed by atoms with Crippen LogP contribution in [0.2, 0.25) is 0 Å². The van der Waals surface area contributed by atoms with Crippen molar-refractivity contribution in [3.63, 3.8) is 0 Å². The van der Waals surface area contributed by atoms with Gasteiger partial charge in [-0.3, -0.25) is 4.79 Å². The molecular formula is C17H18N2O4S. The van der Waals surface area contributed by atoms with Gasteiger partial charge in [0.1, 0.15) is 5.75 Å². The number of carbonyl (C=O) groups excluding carboxylic acids is 1. The molecule has 1 atom stereocenters. The number of para-hydroxylation sites is 1. The number of hydrogen-bond acceptors (Lipinski definition) is 4. The molecule has 0 unspecified atom stereocenters. The first-order valence-electron chi connectivity index (χ1n) is 7.57. The predicted octanol–water partition coefficient (Wildman–Crippen LogP) is 0.996. The van der Waals surface area contributed by atoms with Crippen molar-refractivity contribution < 1.29 is 17.9 Å². The Morgan fingerprint density at radius 3 is 2.54 bits per heavy atom. The molecule has 0 saturated carbocycles. The molecule has 0 spiro atoms. The van der Waals surface area contributed by atoms with Crippen LogP contribution in [-0.2, 0) is 27.7 Å². The number of benzene rings is 2. The highest BCUT2D eigenvalue weighted by atomic mass is 32.2.